The van der Waals surface area contributed by atoms with Crippen molar-refractivity contribution in [1.29, 1.82) is 0 Å². The molecule has 26 heavy (non-hydrogen) atoms. The molecule has 134 valence electrons. The molecule has 3 rings (SSSR count). The van der Waals surface area contributed by atoms with Gasteiger partial charge < -0.3 is 14.8 Å². The van der Waals surface area contributed by atoms with Crippen LogP contribution in [0.1, 0.15) is 20.9 Å². The van der Waals surface area contributed by atoms with E-state index in [0.29, 0.717) is 23.6 Å². The second-order valence-corrected chi connectivity index (χ2v) is 6.70. The third-order valence-corrected chi connectivity index (χ3v) is 5.18. The maximum absolute atomic E-state index is 12.7. The number of methoxy groups -OCH3 is 2. The van der Waals surface area contributed by atoms with E-state index in [2.05, 4.69) is 10.3 Å². The van der Waals surface area contributed by atoms with E-state index in [9.17, 15) is 4.79 Å². The highest BCUT2D eigenvalue weighted by molar-refractivity contribution is 7.15. The molecule has 6 heteroatoms. The van der Waals surface area contributed by atoms with Crippen molar-refractivity contribution in [2.24, 2.45) is 0 Å². The monoisotopic (exact) mass is 368 g/mol. The summed E-state index contributed by atoms with van der Waals surface area (Å²) in [4.78, 5) is 18.3. The second-order valence-electron chi connectivity index (χ2n) is 5.61. The number of aromatic nitrogens is 1. The fourth-order valence-corrected chi connectivity index (χ4v) is 3.63. The summed E-state index contributed by atoms with van der Waals surface area (Å²) >= 11 is 1.58. The third-order valence-electron chi connectivity index (χ3n) is 3.98. The van der Waals surface area contributed by atoms with Crippen LogP contribution in [-0.4, -0.2) is 25.1 Å². The first-order valence-corrected chi connectivity index (χ1v) is 8.96. The van der Waals surface area contributed by atoms with Crippen LogP contribution in [0.2, 0.25) is 0 Å². The Morgan fingerprint density at radius 2 is 1.69 bits per heavy atom. The number of amides is 1. The number of hydrogen-bond acceptors (Lipinski definition) is 5. The molecule has 1 amide bonds. The van der Waals surface area contributed by atoms with Crippen molar-refractivity contribution in [1.82, 2.24) is 10.3 Å². The molecule has 0 fully saturated rings. The van der Waals surface area contributed by atoms with Crippen LogP contribution in [0.5, 0.6) is 11.5 Å². The number of hydrogen-bond donors (Lipinski definition) is 1. The highest BCUT2D eigenvalue weighted by Crippen LogP contribution is 2.30. The Morgan fingerprint density at radius 3 is 2.31 bits per heavy atom. The molecule has 0 atom stereocenters. The highest BCUT2D eigenvalue weighted by Gasteiger charge is 2.19. The number of ether oxygens (including phenoxy) is 2. The number of aryl methyl sites for hydroxylation is 1. The smallest absolute Gasteiger partial charge is 0.259 e. The molecule has 0 saturated heterocycles. The predicted octanol–water partition coefficient (Wildman–Crippen LogP) is 4.07. The Morgan fingerprint density at radius 1 is 1.04 bits per heavy atom. The fraction of sp³-hybridized carbons (Fsp3) is 0.200. The average Bonchev–Trinajstić information content (AvgIpc) is 3.06. The zero-order valence-corrected chi connectivity index (χ0v) is 15.7. The Hall–Kier alpha value is -2.86. The topological polar surface area (TPSA) is 60.5 Å². The van der Waals surface area contributed by atoms with Crippen LogP contribution in [0.4, 0.5) is 0 Å². The normalized spacial score (nSPS) is 10.4. The maximum atomic E-state index is 12.7. The van der Waals surface area contributed by atoms with E-state index in [1.807, 2.05) is 37.3 Å². The van der Waals surface area contributed by atoms with E-state index in [1.54, 1.807) is 29.5 Å². The van der Waals surface area contributed by atoms with E-state index in [1.165, 1.54) is 14.2 Å². The second kappa shape index (κ2) is 8.01. The van der Waals surface area contributed by atoms with Gasteiger partial charge in [-0.25, -0.2) is 4.98 Å². The summed E-state index contributed by atoms with van der Waals surface area (Å²) < 4.78 is 10.6. The number of rotatable bonds is 6. The van der Waals surface area contributed by atoms with Gasteiger partial charge in [-0.2, -0.15) is 0 Å². The van der Waals surface area contributed by atoms with Gasteiger partial charge in [0, 0.05) is 10.4 Å². The highest BCUT2D eigenvalue weighted by atomic mass is 32.1. The zero-order chi connectivity index (χ0) is 18.5. The summed E-state index contributed by atoms with van der Waals surface area (Å²) in [6, 6.07) is 15.3. The van der Waals surface area contributed by atoms with E-state index in [4.69, 9.17) is 9.47 Å². The van der Waals surface area contributed by atoms with Gasteiger partial charge >= 0.3 is 0 Å². The van der Waals surface area contributed by atoms with Gasteiger partial charge in [0.1, 0.15) is 22.1 Å². The van der Waals surface area contributed by atoms with Crippen LogP contribution in [0.3, 0.4) is 0 Å². The van der Waals surface area contributed by atoms with Crippen LogP contribution in [0, 0.1) is 6.92 Å². The Kier molecular flexibility index (Phi) is 5.53. The minimum atomic E-state index is -0.242. The first-order chi connectivity index (χ1) is 12.6. The average molecular weight is 368 g/mol. The minimum absolute atomic E-state index is 0.242. The summed E-state index contributed by atoms with van der Waals surface area (Å²) in [5, 5.41) is 3.89. The van der Waals surface area contributed by atoms with Gasteiger partial charge in [0.05, 0.1) is 26.5 Å². The van der Waals surface area contributed by atoms with Gasteiger partial charge in [0.2, 0.25) is 0 Å². The van der Waals surface area contributed by atoms with Crippen molar-refractivity contribution in [2.75, 3.05) is 14.2 Å². The summed E-state index contributed by atoms with van der Waals surface area (Å²) in [6.07, 6.45) is 0. The van der Waals surface area contributed by atoms with Gasteiger partial charge in [-0.3, -0.25) is 4.79 Å². The van der Waals surface area contributed by atoms with E-state index in [-0.39, 0.29) is 5.91 Å². The van der Waals surface area contributed by atoms with Crippen LogP contribution in [0.25, 0.3) is 10.6 Å². The number of carbonyl (C=O) groups is 1. The number of nitrogens with zero attached hydrogens (tertiary/aromatic N) is 1. The number of thiazole rings is 1. The molecule has 0 aliphatic heterocycles. The summed E-state index contributed by atoms with van der Waals surface area (Å²) in [7, 11) is 3.07. The summed E-state index contributed by atoms with van der Waals surface area (Å²) in [5.41, 5.74) is 2.38. The lowest BCUT2D eigenvalue weighted by molar-refractivity contribution is 0.0945. The first kappa shape index (κ1) is 17.9. The SMILES string of the molecule is COc1cccc(OC)c1C(=O)NCc1sc(-c2ccccc2)nc1C. The lowest BCUT2D eigenvalue weighted by Gasteiger charge is -2.12. The van der Waals surface area contributed by atoms with Crippen LogP contribution >= 0.6 is 11.3 Å². The molecule has 5 nitrogen and oxygen atoms in total. The molecule has 1 N–H and O–H groups in total. The van der Waals surface area contributed by atoms with Gasteiger partial charge in [0.25, 0.3) is 5.91 Å². The maximum Gasteiger partial charge on any atom is 0.259 e. The fourth-order valence-electron chi connectivity index (χ4n) is 2.62. The molecule has 0 spiro atoms. The molecule has 2 aromatic carbocycles. The first-order valence-electron chi connectivity index (χ1n) is 8.15. The van der Waals surface area contributed by atoms with E-state index < -0.39 is 0 Å². The summed E-state index contributed by atoms with van der Waals surface area (Å²) in [6.45, 7) is 2.35. The molecule has 0 unspecified atom stereocenters. The molecule has 0 aliphatic carbocycles. The van der Waals surface area contributed by atoms with Crippen molar-refractivity contribution in [2.45, 2.75) is 13.5 Å². The zero-order valence-electron chi connectivity index (χ0n) is 14.9. The molecule has 0 radical (unpaired) electrons. The van der Waals surface area contributed by atoms with Gasteiger partial charge in [-0.05, 0) is 19.1 Å². The standard InChI is InChI=1S/C20H20N2O3S/c1-13-17(26-20(22-13)14-8-5-4-6-9-14)12-21-19(23)18-15(24-2)10-7-11-16(18)25-3/h4-11H,12H2,1-3H3,(H,21,23). The number of carbonyl (C=O) groups excluding carboxylic acids is 1. The molecule has 1 heterocycles. The van der Waals surface area contributed by atoms with Crippen molar-refractivity contribution in [3.63, 3.8) is 0 Å². The number of benzene rings is 2. The van der Waals surface area contributed by atoms with Crippen molar-refractivity contribution in [3.8, 4) is 22.1 Å². The summed E-state index contributed by atoms with van der Waals surface area (Å²) in [5.74, 6) is 0.717. The third kappa shape index (κ3) is 3.70. The largest absolute Gasteiger partial charge is 0.496 e. The van der Waals surface area contributed by atoms with Crippen molar-refractivity contribution < 1.29 is 14.3 Å². The minimum Gasteiger partial charge on any atom is -0.496 e. The van der Waals surface area contributed by atoms with Crippen molar-refractivity contribution >= 4 is 17.2 Å². The lowest BCUT2D eigenvalue weighted by Crippen LogP contribution is -2.24. The molecular formula is C20H20N2O3S. The molecule has 0 aliphatic rings. The Bertz CT molecular complexity index is 884. The van der Waals surface area contributed by atoms with Crippen LogP contribution in [-0.2, 0) is 6.54 Å². The van der Waals surface area contributed by atoms with Crippen LogP contribution < -0.4 is 14.8 Å². The molecule has 3 aromatic rings. The molecule has 0 bridgehead atoms. The van der Waals surface area contributed by atoms with E-state index in [0.717, 1.165) is 21.1 Å². The lowest BCUT2D eigenvalue weighted by atomic mass is 10.1. The van der Waals surface area contributed by atoms with Gasteiger partial charge in [-0.15, -0.1) is 11.3 Å². The molecular weight excluding hydrogens is 348 g/mol. The Labute approximate surface area is 156 Å². The Balaban J connectivity index is 1.78. The number of nitrogens with one attached hydrogen (secondary N) is 1. The van der Waals surface area contributed by atoms with Gasteiger partial charge in [0.15, 0.2) is 0 Å². The van der Waals surface area contributed by atoms with E-state index >= 15 is 0 Å². The van der Waals surface area contributed by atoms with Gasteiger partial charge in [-0.1, -0.05) is 36.4 Å². The quantitative estimate of drug-likeness (QED) is 0.713. The molecule has 0 saturated carbocycles. The van der Waals surface area contributed by atoms with Crippen LogP contribution in [0.15, 0.2) is 48.5 Å². The molecule has 1 aromatic heterocycles. The predicted molar refractivity (Wildman–Crippen MR) is 103 cm³/mol. The van der Waals surface area contributed by atoms with Crippen molar-refractivity contribution in [3.05, 3.63) is 64.7 Å².